The predicted molar refractivity (Wildman–Crippen MR) is 64.9 cm³/mol. The Morgan fingerprint density at radius 1 is 1.32 bits per heavy atom. The minimum absolute atomic E-state index is 0.0422. The third-order valence-corrected chi connectivity index (χ3v) is 1.91. The highest BCUT2D eigenvalue weighted by Crippen LogP contribution is 2.11. The fraction of sp³-hybridized carbons (Fsp3) is 0. The second-order valence-electron chi connectivity index (χ2n) is 3.20. The normalized spacial score (nSPS) is 9.05. The molecule has 0 saturated carbocycles. The van der Waals surface area contributed by atoms with Crippen molar-refractivity contribution in [1.82, 2.24) is 9.97 Å². The van der Waals surface area contributed by atoms with Crippen molar-refractivity contribution >= 4 is 11.7 Å². The SMILES string of the molecule is O=C(O)c1ccc([N+](=O)[O-])cc1.O=c1nccc[nH]1. The number of carboxylic acid groups (broad SMARTS) is 1. The summed E-state index contributed by atoms with van der Waals surface area (Å²) in [6.07, 6.45) is 2.98. The van der Waals surface area contributed by atoms with Crippen LogP contribution in [0.15, 0.2) is 47.5 Å². The number of aromatic carboxylic acids is 1. The summed E-state index contributed by atoms with van der Waals surface area (Å²) in [6.45, 7) is 0. The lowest BCUT2D eigenvalue weighted by Gasteiger charge is -1.92. The first-order valence-corrected chi connectivity index (χ1v) is 4.98. The van der Waals surface area contributed by atoms with E-state index in [1.807, 2.05) is 0 Å². The van der Waals surface area contributed by atoms with Crippen LogP contribution in [0.1, 0.15) is 10.4 Å². The van der Waals surface area contributed by atoms with Crippen molar-refractivity contribution in [3.63, 3.8) is 0 Å². The van der Waals surface area contributed by atoms with E-state index in [0.717, 1.165) is 12.1 Å². The Kier molecular flexibility index (Phi) is 4.91. The standard InChI is InChI=1S/C7H5NO4.C4H4N2O/c9-7(10)5-1-3-6(4-2-5)8(11)12;7-4-5-2-1-3-6-4/h1-4H,(H,9,10);1-3H,(H,5,6,7). The van der Waals surface area contributed by atoms with Crippen LogP contribution in [0.25, 0.3) is 0 Å². The van der Waals surface area contributed by atoms with Gasteiger partial charge in [-0.25, -0.2) is 14.6 Å². The van der Waals surface area contributed by atoms with Crippen LogP contribution in [0, 0.1) is 10.1 Å². The fourth-order valence-electron chi connectivity index (χ4n) is 1.04. The van der Waals surface area contributed by atoms with Crippen LogP contribution < -0.4 is 5.69 Å². The lowest BCUT2D eigenvalue weighted by Crippen LogP contribution is -2.05. The topological polar surface area (TPSA) is 126 Å². The van der Waals surface area contributed by atoms with E-state index in [4.69, 9.17) is 5.11 Å². The first kappa shape index (κ1) is 14.0. The largest absolute Gasteiger partial charge is 0.478 e. The Hall–Kier alpha value is -3.03. The van der Waals surface area contributed by atoms with Gasteiger partial charge in [0.1, 0.15) is 0 Å². The number of hydrogen-bond donors (Lipinski definition) is 2. The number of nitrogens with zero attached hydrogens (tertiary/aromatic N) is 2. The highest BCUT2D eigenvalue weighted by Gasteiger charge is 2.06. The summed E-state index contributed by atoms with van der Waals surface area (Å²) in [4.78, 5) is 35.7. The van der Waals surface area contributed by atoms with Crippen molar-refractivity contribution in [3.05, 3.63) is 68.9 Å². The van der Waals surface area contributed by atoms with Crippen LogP contribution in [0.4, 0.5) is 5.69 Å². The highest BCUT2D eigenvalue weighted by molar-refractivity contribution is 5.87. The molecule has 0 fully saturated rings. The number of carbonyl (C=O) groups is 1. The average Bonchev–Trinajstić information content (AvgIpc) is 2.40. The van der Waals surface area contributed by atoms with Gasteiger partial charge in [0, 0.05) is 24.5 Å². The number of aromatic nitrogens is 2. The molecule has 0 spiro atoms. The van der Waals surface area contributed by atoms with Crippen LogP contribution in [0.2, 0.25) is 0 Å². The lowest BCUT2D eigenvalue weighted by molar-refractivity contribution is -0.384. The highest BCUT2D eigenvalue weighted by atomic mass is 16.6. The molecule has 0 amide bonds. The second-order valence-corrected chi connectivity index (χ2v) is 3.20. The zero-order valence-electron chi connectivity index (χ0n) is 9.52. The quantitative estimate of drug-likeness (QED) is 0.616. The molecule has 0 aliphatic heterocycles. The van der Waals surface area contributed by atoms with Gasteiger partial charge in [-0.1, -0.05) is 0 Å². The van der Waals surface area contributed by atoms with Crippen molar-refractivity contribution in [2.75, 3.05) is 0 Å². The van der Waals surface area contributed by atoms with E-state index in [-0.39, 0.29) is 16.9 Å². The third kappa shape index (κ3) is 4.77. The van der Waals surface area contributed by atoms with Gasteiger partial charge in [0.2, 0.25) is 0 Å². The summed E-state index contributed by atoms with van der Waals surface area (Å²) in [5.41, 5.74) is -0.372. The number of rotatable bonds is 2. The van der Waals surface area contributed by atoms with Gasteiger partial charge < -0.3 is 10.1 Å². The molecule has 0 radical (unpaired) electrons. The number of hydrogen-bond acceptors (Lipinski definition) is 5. The van der Waals surface area contributed by atoms with Gasteiger partial charge in [0.15, 0.2) is 0 Å². The molecule has 8 heteroatoms. The smallest absolute Gasteiger partial charge is 0.344 e. The molecule has 2 rings (SSSR count). The molecule has 0 unspecified atom stereocenters. The summed E-state index contributed by atoms with van der Waals surface area (Å²) in [6, 6.07) is 6.36. The Balaban J connectivity index is 0.000000218. The van der Waals surface area contributed by atoms with Crippen molar-refractivity contribution in [2.24, 2.45) is 0 Å². The first-order valence-electron chi connectivity index (χ1n) is 4.98. The molecule has 98 valence electrons. The van der Waals surface area contributed by atoms with E-state index in [0.29, 0.717) is 0 Å². The Bertz CT molecular complexity index is 570. The second kappa shape index (κ2) is 6.64. The van der Waals surface area contributed by atoms with E-state index in [1.54, 1.807) is 6.07 Å². The van der Waals surface area contributed by atoms with Gasteiger partial charge in [-0.2, -0.15) is 0 Å². The monoisotopic (exact) mass is 263 g/mol. The van der Waals surface area contributed by atoms with Crippen LogP contribution in [0.3, 0.4) is 0 Å². The number of nitrogens with one attached hydrogen (secondary N) is 1. The molecule has 0 saturated heterocycles. The van der Waals surface area contributed by atoms with Crippen molar-refractivity contribution < 1.29 is 14.8 Å². The van der Waals surface area contributed by atoms with Crippen molar-refractivity contribution in [1.29, 1.82) is 0 Å². The van der Waals surface area contributed by atoms with E-state index >= 15 is 0 Å². The molecular weight excluding hydrogens is 254 g/mol. The molecule has 2 aromatic rings. The molecule has 1 aromatic heterocycles. The lowest BCUT2D eigenvalue weighted by atomic mass is 10.2. The van der Waals surface area contributed by atoms with E-state index in [1.165, 1.54) is 24.5 Å². The Morgan fingerprint density at radius 3 is 2.26 bits per heavy atom. The Morgan fingerprint density at radius 2 is 1.95 bits per heavy atom. The zero-order chi connectivity index (χ0) is 14.3. The average molecular weight is 263 g/mol. The van der Waals surface area contributed by atoms with Crippen molar-refractivity contribution in [3.8, 4) is 0 Å². The molecule has 0 aliphatic carbocycles. The maximum Gasteiger partial charge on any atom is 0.344 e. The number of H-pyrrole nitrogens is 1. The van der Waals surface area contributed by atoms with Crippen LogP contribution in [-0.4, -0.2) is 26.0 Å². The number of non-ortho nitro benzene ring substituents is 1. The van der Waals surface area contributed by atoms with Crippen LogP contribution in [0.5, 0.6) is 0 Å². The number of nitro groups is 1. The summed E-state index contributed by atoms with van der Waals surface area (Å²) >= 11 is 0. The Labute approximate surface area is 106 Å². The number of carboxylic acids is 1. The molecule has 1 heterocycles. The molecule has 2 N–H and O–H groups in total. The summed E-state index contributed by atoms with van der Waals surface area (Å²) in [5.74, 6) is -1.09. The van der Waals surface area contributed by atoms with Gasteiger partial charge >= 0.3 is 11.7 Å². The molecule has 0 bridgehead atoms. The molecule has 0 atom stereocenters. The molecule has 1 aromatic carbocycles. The minimum Gasteiger partial charge on any atom is -0.478 e. The van der Waals surface area contributed by atoms with Gasteiger partial charge in [-0.15, -0.1) is 0 Å². The van der Waals surface area contributed by atoms with E-state index < -0.39 is 10.9 Å². The number of benzene rings is 1. The third-order valence-electron chi connectivity index (χ3n) is 1.91. The maximum absolute atomic E-state index is 10.3. The fourth-order valence-corrected chi connectivity index (χ4v) is 1.04. The molecule has 0 aliphatic rings. The van der Waals surface area contributed by atoms with Crippen molar-refractivity contribution in [2.45, 2.75) is 0 Å². The number of aromatic amines is 1. The summed E-state index contributed by atoms with van der Waals surface area (Å²) in [5, 5.41) is 18.6. The molecule has 19 heavy (non-hydrogen) atoms. The number of nitro benzene ring substituents is 1. The van der Waals surface area contributed by atoms with E-state index in [2.05, 4.69) is 9.97 Å². The van der Waals surface area contributed by atoms with Gasteiger partial charge in [-0.05, 0) is 18.2 Å². The van der Waals surface area contributed by atoms with Gasteiger partial charge in [-0.3, -0.25) is 10.1 Å². The predicted octanol–water partition coefficient (Wildman–Crippen LogP) is 1.06. The molecule has 8 nitrogen and oxygen atoms in total. The van der Waals surface area contributed by atoms with Crippen LogP contribution >= 0.6 is 0 Å². The minimum atomic E-state index is -1.09. The van der Waals surface area contributed by atoms with Gasteiger partial charge in [0.05, 0.1) is 10.5 Å². The summed E-state index contributed by atoms with van der Waals surface area (Å²) in [7, 11) is 0. The van der Waals surface area contributed by atoms with Crippen LogP contribution in [-0.2, 0) is 0 Å². The maximum atomic E-state index is 10.3. The van der Waals surface area contributed by atoms with Gasteiger partial charge in [0.25, 0.3) is 5.69 Å². The first-order chi connectivity index (χ1) is 9.00. The zero-order valence-corrected chi connectivity index (χ0v) is 9.52. The van der Waals surface area contributed by atoms with E-state index in [9.17, 15) is 19.7 Å². The molecular formula is C11H9N3O5. The summed E-state index contributed by atoms with van der Waals surface area (Å²) < 4.78 is 0.